The Kier molecular flexibility index (Phi) is 2.95. The van der Waals surface area contributed by atoms with E-state index >= 15 is 0 Å². The van der Waals surface area contributed by atoms with Crippen molar-refractivity contribution in [2.24, 2.45) is 0 Å². The minimum Gasteiger partial charge on any atom is -0.504 e. The van der Waals surface area contributed by atoms with Crippen LogP contribution in [0.5, 0.6) is 11.5 Å². The molecule has 0 saturated carbocycles. The summed E-state index contributed by atoms with van der Waals surface area (Å²) in [7, 11) is 1.62. The van der Waals surface area contributed by atoms with Gasteiger partial charge in [-0.1, -0.05) is 48.5 Å². The molecule has 4 aromatic rings. The summed E-state index contributed by atoms with van der Waals surface area (Å²) in [5, 5.41) is 17.2. The number of hydrogen-bond donors (Lipinski definition) is 1. The second-order valence-electron chi connectivity index (χ2n) is 5.97. The molecule has 0 aliphatic rings. The van der Waals surface area contributed by atoms with Crippen LogP contribution in [0.4, 0.5) is 0 Å². The van der Waals surface area contributed by atoms with Crippen LogP contribution < -0.4 is 4.74 Å². The van der Waals surface area contributed by atoms with E-state index in [1.807, 2.05) is 24.3 Å². The highest BCUT2D eigenvalue weighted by Crippen LogP contribution is 2.47. The second kappa shape index (κ2) is 4.88. The average Bonchev–Trinajstić information content (AvgIpc) is 2.59. The predicted octanol–water partition coefficient (Wildman–Crippen LogP) is 5.48. The molecule has 0 aromatic heterocycles. The SMILES string of the molecule is COc1c(O)c2ccccc2c2c(C)c3ccccc3c(C)c12. The molecule has 0 amide bonds. The summed E-state index contributed by atoms with van der Waals surface area (Å²) >= 11 is 0. The highest BCUT2D eigenvalue weighted by atomic mass is 16.5. The van der Waals surface area contributed by atoms with Gasteiger partial charge >= 0.3 is 0 Å². The van der Waals surface area contributed by atoms with E-state index in [9.17, 15) is 5.11 Å². The highest BCUT2D eigenvalue weighted by molar-refractivity contribution is 6.20. The summed E-state index contributed by atoms with van der Waals surface area (Å²) in [5.74, 6) is 0.776. The van der Waals surface area contributed by atoms with Gasteiger partial charge in [0, 0.05) is 10.8 Å². The lowest BCUT2D eigenvalue weighted by Crippen LogP contribution is -1.94. The Balaban J connectivity index is 2.44. The Bertz CT molecular complexity index is 1080. The molecule has 0 unspecified atom stereocenters. The molecule has 0 aliphatic heterocycles. The van der Waals surface area contributed by atoms with E-state index in [0.717, 1.165) is 27.1 Å². The van der Waals surface area contributed by atoms with E-state index in [1.165, 1.54) is 16.3 Å². The zero-order valence-electron chi connectivity index (χ0n) is 13.5. The second-order valence-corrected chi connectivity index (χ2v) is 5.97. The van der Waals surface area contributed by atoms with Gasteiger partial charge in [0.2, 0.25) is 0 Å². The molecular formula is C21H18O2. The number of benzene rings is 4. The maximum atomic E-state index is 10.7. The monoisotopic (exact) mass is 302 g/mol. The van der Waals surface area contributed by atoms with E-state index in [2.05, 4.69) is 38.1 Å². The molecule has 0 saturated heterocycles. The van der Waals surface area contributed by atoms with Crippen LogP contribution in [0, 0.1) is 13.8 Å². The summed E-state index contributed by atoms with van der Waals surface area (Å²) < 4.78 is 5.60. The van der Waals surface area contributed by atoms with Crippen LogP contribution in [0.25, 0.3) is 32.3 Å². The van der Waals surface area contributed by atoms with Crippen molar-refractivity contribution in [1.29, 1.82) is 0 Å². The van der Waals surface area contributed by atoms with Crippen molar-refractivity contribution >= 4 is 32.3 Å². The molecule has 0 heterocycles. The van der Waals surface area contributed by atoms with Gasteiger partial charge in [-0.2, -0.15) is 0 Å². The van der Waals surface area contributed by atoms with Crippen molar-refractivity contribution in [2.45, 2.75) is 13.8 Å². The molecule has 1 N–H and O–H groups in total. The van der Waals surface area contributed by atoms with Crippen molar-refractivity contribution in [3.63, 3.8) is 0 Å². The van der Waals surface area contributed by atoms with Crippen LogP contribution >= 0.6 is 0 Å². The number of phenols is 1. The van der Waals surface area contributed by atoms with E-state index in [0.29, 0.717) is 5.75 Å². The number of hydrogen-bond acceptors (Lipinski definition) is 2. The fourth-order valence-electron chi connectivity index (χ4n) is 3.75. The minimum absolute atomic E-state index is 0.216. The molecule has 0 bridgehead atoms. The fraction of sp³-hybridized carbons (Fsp3) is 0.143. The van der Waals surface area contributed by atoms with Crippen molar-refractivity contribution in [3.8, 4) is 11.5 Å². The Morgan fingerprint density at radius 2 is 1.17 bits per heavy atom. The summed E-state index contributed by atoms with van der Waals surface area (Å²) in [5.41, 5.74) is 2.36. The third kappa shape index (κ3) is 1.75. The molecule has 0 radical (unpaired) electrons. The number of methoxy groups -OCH3 is 1. The van der Waals surface area contributed by atoms with Gasteiger partial charge in [-0.15, -0.1) is 0 Å². The summed E-state index contributed by atoms with van der Waals surface area (Å²) in [4.78, 5) is 0. The minimum atomic E-state index is 0.216. The molecule has 2 nitrogen and oxygen atoms in total. The maximum absolute atomic E-state index is 10.7. The third-order valence-electron chi connectivity index (χ3n) is 4.83. The van der Waals surface area contributed by atoms with Crippen LogP contribution in [-0.2, 0) is 0 Å². The molecule has 2 heteroatoms. The van der Waals surface area contributed by atoms with Crippen molar-refractivity contribution < 1.29 is 9.84 Å². The third-order valence-corrected chi connectivity index (χ3v) is 4.83. The van der Waals surface area contributed by atoms with Crippen LogP contribution in [-0.4, -0.2) is 12.2 Å². The van der Waals surface area contributed by atoms with E-state index in [4.69, 9.17) is 4.74 Å². The van der Waals surface area contributed by atoms with E-state index in [1.54, 1.807) is 7.11 Å². The summed E-state index contributed by atoms with van der Waals surface area (Å²) in [6.45, 7) is 4.24. The normalized spacial score (nSPS) is 11.4. The molecular weight excluding hydrogens is 284 g/mol. The first-order chi connectivity index (χ1) is 11.1. The average molecular weight is 302 g/mol. The van der Waals surface area contributed by atoms with Crippen molar-refractivity contribution in [3.05, 3.63) is 59.7 Å². The quantitative estimate of drug-likeness (QED) is 0.373. The standard InChI is InChI=1S/C21H18O2/c1-12-14-8-4-5-9-15(14)13(2)19-18(12)16-10-6-7-11-17(16)20(22)21(19)23-3/h4-11,22H,1-3H3. The van der Waals surface area contributed by atoms with Gasteiger partial charge in [0.05, 0.1) is 7.11 Å². The Hall–Kier alpha value is -2.74. The predicted molar refractivity (Wildman–Crippen MR) is 96.7 cm³/mol. The zero-order valence-corrected chi connectivity index (χ0v) is 13.5. The van der Waals surface area contributed by atoms with Crippen molar-refractivity contribution in [1.82, 2.24) is 0 Å². The molecule has 0 atom stereocenters. The smallest absolute Gasteiger partial charge is 0.169 e. The largest absolute Gasteiger partial charge is 0.504 e. The van der Waals surface area contributed by atoms with Gasteiger partial charge in [-0.05, 0) is 46.5 Å². The molecule has 0 spiro atoms. The zero-order chi connectivity index (χ0) is 16.1. The number of aromatic hydroxyl groups is 1. The molecule has 4 rings (SSSR count). The summed E-state index contributed by atoms with van der Waals surface area (Å²) in [6.07, 6.45) is 0. The van der Waals surface area contributed by atoms with E-state index in [-0.39, 0.29) is 5.75 Å². The number of ether oxygens (including phenoxy) is 1. The Morgan fingerprint density at radius 1 is 0.696 bits per heavy atom. The Morgan fingerprint density at radius 3 is 1.74 bits per heavy atom. The van der Waals surface area contributed by atoms with Gasteiger partial charge < -0.3 is 9.84 Å². The first-order valence-corrected chi connectivity index (χ1v) is 7.74. The van der Waals surface area contributed by atoms with Gasteiger partial charge in [0.15, 0.2) is 11.5 Å². The van der Waals surface area contributed by atoms with Crippen LogP contribution in [0.1, 0.15) is 11.1 Å². The topological polar surface area (TPSA) is 29.5 Å². The van der Waals surface area contributed by atoms with Crippen LogP contribution in [0.15, 0.2) is 48.5 Å². The molecule has 23 heavy (non-hydrogen) atoms. The van der Waals surface area contributed by atoms with Gasteiger partial charge in [0.1, 0.15) is 0 Å². The number of aryl methyl sites for hydroxylation is 2. The fourth-order valence-corrected chi connectivity index (χ4v) is 3.75. The molecule has 114 valence electrons. The lowest BCUT2D eigenvalue weighted by molar-refractivity contribution is 0.381. The summed E-state index contributed by atoms with van der Waals surface area (Å²) in [6, 6.07) is 16.4. The molecule has 0 aliphatic carbocycles. The molecule has 0 fully saturated rings. The van der Waals surface area contributed by atoms with E-state index < -0.39 is 0 Å². The number of phenolic OH excluding ortho intramolecular Hbond substituents is 1. The van der Waals surface area contributed by atoms with Gasteiger partial charge in [-0.3, -0.25) is 0 Å². The number of rotatable bonds is 1. The Labute approximate surface area is 134 Å². The highest BCUT2D eigenvalue weighted by Gasteiger charge is 2.19. The van der Waals surface area contributed by atoms with Crippen LogP contribution in [0.2, 0.25) is 0 Å². The lowest BCUT2D eigenvalue weighted by atomic mass is 9.89. The van der Waals surface area contributed by atoms with Gasteiger partial charge in [0.25, 0.3) is 0 Å². The maximum Gasteiger partial charge on any atom is 0.169 e. The first-order valence-electron chi connectivity index (χ1n) is 7.74. The first kappa shape index (κ1) is 13.9. The van der Waals surface area contributed by atoms with Crippen molar-refractivity contribution in [2.75, 3.05) is 7.11 Å². The van der Waals surface area contributed by atoms with Crippen LogP contribution in [0.3, 0.4) is 0 Å². The molecule has 4 aromatic carbocycles. The number of fused-ring (bicyclic) bond motifs is 4. The van der Waals surface area contributed by atoms with Gasteiger partial charge in [-0.25, -0.2) is 0 Å². The lowest BCUT2D eigenvalue weighted by Gasteiger charge is -2.18.